The zero-order chi connectivity index (χ0) is 23.5. The summed E-state index contributed by atoms with van der Waals surface area (Å²) in [6.45, 7) is 0. The number of fused-ring (bicyclic) bond motifs is 4. The molecule has 0 spiro atoms. The minimum absolute atomic E-state index is 0.659. The summed E-state index contributed by atoms with van der Waals surface area (Å²) in [5, 5.41) is 25.2. The molecular weight excluding hydrogens is 424 g/mol. The van der Waals surface area contributed by atoms with Crippen LogP contribution in [0.25, 0.3) is 11.1 Å². The Bertz CT molecular complexity index is 1330. The molecule has 0 unspecified atom stereocenters. The second-order valence-corrected chi connectivity index (χ2v) is 8.73. The molecular formula is C30H24O4. The molecule has 0 bridgehead atoms. The molecule has 0 heterocycles. The fourth-order valence-corrected chi connectivity index (χ4v) is 5.59. The van der Waals surface area contributed by atoms with Gasteiger partial charge in [0.05, 0.1) is 14.2 Å². The van der Waals surface area contributed by atoms with Crippen molar-refractivity contribution in [1.29, 1.82) is 0 Å². The quantitative estimate of drug-likeness (QED) is 0.455. The highest BCUT2D eigenvalue weighted by Crippen LogP contribution is 2.65. The van der Waals surface area contributed by atoms with Gasteiger partial charge in [-0.2, -0.15) is 0 Å². The maximum Gasteiger partial charge on any atom is 0.142 e. The van der Waals surface area contributed by atoms with Gasteiger partial charge in [-0.15, -0.1) is 0 Å². The third kappa shape index (κ3) is 2.55. The van der Waals surface area contributed by atoms with Crippen LogP contribution in [0, 0.1) is 0 Å². The van der Waals surface area contributed by atoms with Crippen LogP contribution >= 0.6 is 0 Å². The van der Waals surface area contributed by atoms with Crippen LogP contribution in [0.4, 0.5) is 0 Å². The fourth-order valence-electron chi connectivity index (χ4n) is 5.59. The van der Waals surface area contributed by atoms with Crippen molar-refractivity contribution in [3.8, 4) is 11.5 Å². The zero-order valence-corrected chi connectivity index (χ0v) is 18.9. The number of ether oxygens (including phenoxy) is 2. The van der Waals surface area contributed by atoms with Crippen LogP contribution in [0.2, 0.25) is 0 Å². The number of hydrogen-bond acceptors (Lipinski definition) is 4. The molecule has 0 radical (unpaired) electrons. The molecule has 0 aliphatic heterocycles. The lowest BCUT2D eigenvalue weighted by atomic mass is 9.78. The molecule has 0 saturated heterocycles. The molecule has 34 heavy (non-hydrogen) atoms. The first-order valence-corrected chi connectivity index (χ1v) is 11.2. The van der Waals surface area contributed by atoms with Gasteiger partial charge in [0.2, 0.25) is 0 Å². The van der Waals surface area contributed by atoms with E-state index in [0.717, 1.165) is 22.3 Å². The van der Waals surface area contributed by atoms with E-state index in [1.807, 2.05) is 97.1 Å². The van der Waals surface area contributed by atoms with Crippen LogP contribution in [0.15, 0.2) is 97.1 Å². The van der Waals surface area contributed by atoms with Crippen LogP contribution < -0.4 is 9.47 Å². The molecule has 4 aromatic carbocycles. The molecule has 0 fully saturated rings. The zero-order valence-electron chi connectivity index (χ0n) is 18.9. The first-order chi connectivity index (χ1) is 16.5. The van der Waals surface area contributed by atoms with Crippen molar-refractivity contribution in [3.05, 3.63) is 130 Å². The van der Waals surface area contributed by atoms with Crippen molar-refractivity contribution in [3.63, 3.8) is 0 Å². The third-order valence-corrected chi connectivity index (χ3v) is 7.13. The van der Waals surface area contributed by atoms with Gasteiger partial charge in [-0.3, -0.25) is 0 Å². The van der Waals surface area contributed by atoms with Crippen LogP contribution in [-0.2, 0) is 11.2 Å². The van der Waals surface area contributed by atoms with E-state index in [1.54, 1.807) is 14.2 Å². The third-order valence-electron chi connectivity index (χ3n) is 7.13. The molecule has 2 N–H and O–H groups in total. The Morgan fingerprint density at radius 3 is 1.26 bits per heavy atom. The SMILES string of the molecule is COc1ccc2c(c1)C1=C(c3cc(OC)ccc3[C@@]1(O)c1ccccc1)[C@@]2(O)c1ccccc1. The van der Waals surface area contributed by atoms with E-state index < -0.39 is 11.2 Å². The van der Waals surface area contributed by atoms with Crippen molar-refractivity contribution in [2.24, 2.45) is 0 Å². The van der Waals surface area contributed by atoms with Gasteiger partial charge in [0.25, 0.3) is 0 Å². The normalized spacial score (nSPS) is 22.2. The second kappa shape index (κ2) is 7.32. The van der Waals surface area contributed by atoms with Crippen molar-refractivity contribution in [2.75, 3.05) is 14.2 Å². The van der Waals surface area contributed by atoms with Gasteiger partial charge in [0.1, 0.15) is 22.7 Å². The monoisotopic (exact) mass is 448 g/mol. The summed E-state index contributed by atoms with van der Waals surface area (Å²) in [5.41, 5.74) is 2.85. The molecule has 2 aliphatic carbocycles. The summed E-state index contributed by atoms with van der Waals surface area (Å²) >= 11 is 0. The predicted molar refractivity (Wildman–Crippen MR) is 132 cm³/mol. The van der Waals surface area contributed by atoms with Crippen LogP contribution in [0.5, 0.6) is 11.5 Å². The molecule has 168 valence electrons. The van der Waals surface area contributed by atoms with Gasteiger partial charge in [-0.25, -0.2) is 0 Å². The van der Waals surface area contributed by atoms with Crippen molar-refractivity contribution < 1.29 is 19.7 Å². The molecule has 2 atom stereocenters. The Kier molecular flexibility index (Phi) is 4.46. The molecule has 2 aliphatic rings. The highest BCUT2D eigenvalue weighted by molar-refractivity contribution is 6.11. The summed E-state index contributed by atoms with van der Waals surface area (Å²) in [4.78, 5) is 0. The van der Waals surface area contributed by atoms with Gasteiger partial charge in [-0.05, 0) is 46.5 Å². The molecule has 6 rings (SSSR count). The van der Waals surface area contributed by atoms with Crippen molar-refractivity contribution in [2.45, 2.75) is 11.2 Å². The van der Waals surface area contributed by atoms with Crippen LogP contribution in [0.3, 0.4) is 0 Å². The van der Waals surface area contributed by atoms with E-state index in [2.05, 4.69) is 0 Å². The summed E-state index contributed by atoms with van der Waals surface area (Å²) in [7, 11) is 3.24. The first kappa shape index (κ1) is 20.7. The lowest BCUT2D eigenvalue weighted by molar-refractivity contribution is 0.147. The highest BCUT2D eigenvalue weighted by atomic mass is 16.5. The van der Waals surface area contributed by atoms with Gasteiger partial charge in [-0.1, -0.05) is 72.8 Å². The first-order valence-electron chi connectivity index (χ1n) is 11.2. The van der Waals surface area contributed by atoms with Crippen molar-refractivity contribution >= 4 is 11.1 Å². The molecule has 4 aromatic rings. The fraction of sp³-hybridized carbons (Fsp3) is 0.133. The maximum atomic E-state index is 12.6. The molecule has 4 nitrogen and oxygen atoms in total. The average Bonchev–Trinajstić information content (AvgIpc) is 3.33. The molecule has 0 saturated carbocycles. The van der Waals surface area contributed by atoms with E-state index in [-0.39, 0.29) is 0 Å². The highest BCUT2D eigenvalue weighted by Gasteiger charge is 2.57. The predicted octanol–water partition coefficient (Wildman–Crippen LogP) is 5.11. The second-order valence-electron chi connectivity index (χ2n) is 8.73. The van der Waals surface area contributed by atoms with Gasteiger partial charge < -0.3 is 19.7 Å². The van der Waals surface area contributed by atoms with E-state index in [0.29, 0.717) is 33.8 Å². The summed E-state index contributed by atoms with van der Waals surface area (Å²) in [6.07, 6.45) is 0. The van der Waals surface area contributed by atoms with E-state index in [1.165, 1.54) is 0 Å². The van der Waals surface area contributed by atoms with E-state index in [4.69, 9.17) is 9.47 Å². The lowest BCUT2D eigenvalue weighted by Gasteiger charge is -2.31. The van der Waals surface area contributed by atoms with E-state index >= 15 is 0 Å². The Labute approximate surface area is 198 Å². The van der Waals surface area contributed by atoms with Gasteiger partial charge in [0.15, 0.2) is 0 Å². The molecule has 4 heteroatoms. The Morgan fingerprint density at radius 2 is 0.912 bits per heavy atom. The van der Waals surface area contributed by atoms with Crippen molar-refractivity contribution in [1.82, 2.24) is 0 Å². The average molecular weight is 449 g/mol. The number of benzene rings is 4. The number of methoxy groups -OCH3 is 2. The Morgan fingerprint density at radius 1 is 0.529 bits per heavy atom. The van der Waals surface area contributed by atoms with Crippen LogP contribution in [0.1, 0.15) is 33.4 Å². The maximum absolute atomic E-state index is 12.6. The smallest absolute Gasteiger partial charge is 0.142 e. The van der Waals surface area contributed by atoms with E-state index in [9.17, 15) is 10.2 Å². The Balaban J connectivity index is 1.77. The minimum atomic E-state index is -1.46. The van der Waals surface area contributed by atoms with Crippen LogP contribution in [-0.4, -0.2) is 24.4 Å². The largest absolute Gasteiger partial charge is 0.497 e. The lowest BCUT2D eigenvalue weighted by Crippen LogP contribution is -2.28. The topological polar surface area (TPSA) is 58.9 Å². The summed E-state index contributed by atoms with van der Waals surface area (Å²) in [5.74, 6) is 1.32. The standard InChI is InChI=1S/C30H24O4/c1-33-21-13-15-25-23(17-21)27-28(29(25,31)19-9-5-3-6-10-19)24-18-22(34-2)14-16-26(24)30(27,32)20-11-7-4-8-12-20/h3-18,31-32H,1-2H3/t29-,30+. The molecule has 0 aromatic heterocycles. The summed E-state index contributed by atoms with van der Waals surface area (Å²) < 4.78 is 11.1. The van der Waals surface area contributed by atoms with Gasteiger partial charge >= 0.3 is 0 Å². The molecule has 0 amide bonds. The number of aliphatic hydroxyl groups is 2. The summed E-state index contributed by atoms with van der Waals surface area (Å²) in [6, 6.07) is 30.5. The number of hydrogen-bond donors (Lipinski definition) is 2. The minimum Gasteiger partial charge on any atom is -0.497 e. The number of rotatable bonds is 4. The van der Waals surface area contributed by atoms with Gasteiger partial charge in [0, 0.05) is 22.3 Å². The Hall–Kier alpha value is -3.86.